The molecule has 0 aliphatic carbocycles. The first-order chi connectivity index (χ1) is 13.7. The summed E-state index contributed by atoms with van der Waals surface area (Å²) in [4.78, 5) is 46.7. The van der Waals surface area contributed by atoms with Crippen LogP contribution in [0, 0.1) is 0 Å². The summed E-state index contributed by atoms with van der Waals surface area (Å²) >= 11 is 1.33. The van der Waals surface area contributed by atoms with E-state index >= 15 is 0 Å². The van der Waals surface area contributed by atoms with Crippen molar-refractivity contribution in [1.29, 1.82) is 0 Å². The molecule has 0 bridgehead atoms. The molecule has 5 atom stereocenters. The van der Waals surface area contributed by atoms with Crippen molar-refractivity contribution >= 4 is 35.8 Å². The van der Waals surface area contributed by atoms with Crippen LogP contribution in [0.2, 0.25) is 0 Å². The van der Waals surface area contributed by atoms with Crippen molar-refractivity contribution in [3.8, 4) is 0 Å². The van der Waals surface area contributed by atoms with E-state index in [1.807, 2.05) is 6.92 Å². The molecule has 29 heavy (non-hydrogen) atoms. The number of alkyl carbamates (subject to hydrolysis) is 1. The topological polar surface area (TPSA) is 126 Å². The van der Waals surface area contributed by atoms with E-state index in [-0.39, 0.29) is 13.2 Å². The van der Waals surface area contributed by atoms with Crippen LogP contribution in [0.5, 0.6) is 0 Å². The molecule has 11 heteroatoms. The molecule has 0 aromatic carbocycles. The van der Waals surface area contributed by atoms with Crippen molar-refractivity contribution in [2.24, 2.45) is 0 Å². The Morgan fingerprint density at radius 3 is 2.17 bits per heavy atom. The lowest BCUT2D eigenvalue weighted by atomic mass is 9.97. The highest BCUT2D eigenvalue weighted by Crippen LogP contribution is 2.32. The zero-order valence-electron chi connectivity index (χ0n) is 16.9. The monoisotopic (exact) mass is 433 g/mol. The normalized spacial score (nSPS) is 26.0. The van der Waals surface area contributed by atoms with Gasteiger partial charge in [0.25, 0.3) is 0 Å². The molecule has 1 aliphatic rings. The Morgan fingerprint density at radius 2 is 1.66 bits per heavy atom. The Morgan fingerprint density at radius 1 is 1.03 bits per heavy atom. The van der Waals surface area contributed by atoms with Crippen molar-refractivity contribution in [3.63, 3.8) is 0 Å². The summed E-state index contributed by atoms with van der Waals surface area (Å²) in [5.74, 6) is -1.24. The third-order valence-corrected chi connectivity index (χ3v) is 4.72. The van der Waals surface area contributed by atoms with Crippen LogP contribution >= 0.6 is 11.8 Å². The van der Waals surface area contributed by atoms with Gasteiger partial charge in [0.2, 0.25) is 0 Å². The second-order valence-electron chi connectivity index (χ2n) is 6.01. The molecule has 1 saturated heterocycles. The summed E-state index contributed by atoms with van der Waals surface area (Å²) in [7, 11) is 0. The molecule has 1 amide bonds. The molecule has 1 rings (SSSR count). The number of rotatable bonds is 9. The minimum Gasteiger partial charge on any atom is -0.463 e. The molecular formula is C18H27NO9S. The van der Waals surface area contributed by atoms with E-state index in [9.17, 15) is 19.2 Å². The van der Waals surface area contributed by atoms with Crippen molar-refractivity contribution in [3.05, 3.63) is 12.7 Å². The van der Waals surface area contributed by atoms with Crippen LogP contribution in [-0.2, 0) is 38.1 Å². The molecule has 0 spiro atoms. The molecule has 0 aromatic rings. The van der Waals surface area contributed by atoms with E-state index in [1.54, 1.807) is 0 Å². The third-order valence-electron chi connectivity index (χ3n) is 3.65. The Kier molecular flexibility index (Phi) is 10.5. The van der Waals surface area contributed by atoms with Crippen molar-refractivity contribution in [2.45, 2.75) is 57.5 Å². The summed E-state index contributed by atoms with van der Waals surface area (Å²) in [6.45, 7) is 8.70. The summed E-state index contributed by atoms with van der Waals surface area (Å²) < 4.78 is 26.6. The first-order valence-corrected chi connectivity index (χ1v) is 10.0. The molecule has 1 N–H and O–H groups in total. The van der Waals surface area contributed by atoms with E-state index < -0.39 is 53.8 Å². The molecular weight excluding hydrogens is 406 g/mol. The minimum absolute atomic E-state index is 0.0221. The molecule has 0 aromatic heterocycles. The standard InChI is InChI=1S/C18H27NO9S/c1-6-8-24-18(23)19-14-16(27-12(5)22)15(26-11(4)21)13(9-25-10(3)20)28-17(14)29-7-2/h6,13-17H,1,7-9H2,2-5H3,(H,19,23)/t13-,14-,15-,16-,17+/m0/s1. The summed E-state index contributed by atoms with van der Waals surface area (Å²) in [6.07, 6.45) is -2.49. The van der Waals surface area contributed by atoms with E-state index in [4.69, 9.17) is 23.7 Å². The number of nitrogens with one attached hydrogen (secondary N) is 1. The second-order valence-corrected chi connectivity index (χ2v) is 7.38. The summed E-state index contributed by atoms with van der Waals surface area (Å²) in [5, 5.41) is 2.60. The van der Waals surface area contributed by atoms with Gasteiger partial charge < -0.3 is 29.0 Å². The van der Waals surface area contributed by atoms with Crippen LogP contribution in [0.4, 0.5) is 4.79 Å². The van der Waals surface area contributed by atoms with E-state index in [1.165, 1.54) is 38.6 Å². The van der Waals surface area contributed by atoms with E-state index in [2.05, 4.69) is 11.9 Å². The quantitative estimate of drug-likeness (QED) is 0.322. The summed E-state index contributed by atoms with van der Waals surface area (Å²) in [6, 6.07) is -0.890. The minimum atomic E-state index is -1.12. The molecule has 1 fully saturated rings. The number of hydrogen-bond donors (Lipinski definition) is 1. The Labute approximate surface area is 173 Å². The number of amides is 1. The summed E-state index contributed by atoms with van der Waals surface area (Å²) in [5.41, 5.74) is -0.687. The SMILES string of the molecule is C=CCOC(=O)N[C@H]1[C@H](OC(C)=O)[C@@H](OC(C)=O)[C@H](COC(C)=O)O[C@@H]1SCC. The van der Waals surface area contributed by atoms with Gasteiger partial charge in [-0.1, -0.05) is 19.6 Å². The molecule has 1 aliphatic heterocycles. The van der Waals surface area contributed by atoms with Crippen LogP contribution in [0.25, 0.3) is 0 Å². The number of ether oxygens (including phenoxy) is 5. The van der Waals surface area contributed by atoms with Gasteiger partial charge in [0.1, 0.15) is 30.8 Å². The van der Waals surface area contributed by atoms with Gasteiger partial charge in [0, 0.05) is 20.8 Å². The average molecular weight is 433 g/mol. The maximum atomic E-state index is 12.1. The fraction of sp³-hybridized carbons (Fsp3) is 0.667. The van der Waals surface area contributed by atoms with Gasteiger partial charge in [-0.25, -0.2) is 4.79 Å². The molecule has 0 radical (unpaired) electrons. The fourth-order valence-electron chi connectivity index (χ4n) is 2.68. The van der Waals surface area contributed by atoms with Crippen molar-refractivity contribution in [2.75, 3.05) is 19.0 Å². The molecule has 1 heterocycles. The number of carbonyl (C=O) groups is 4. The first-order valence-electron chi connectivity index (χ1n) is 8.98. The fourth-order valence-corrected chi connectivity index (χ4v) is 3.66. The van der Waals surface area contributed by atoms with Gasteiger partial charge in [-0.2, -0.15) is 0 Å². The number of carbonyl (C=O) groups excluding carboxylic acids is 4. The average Bonchev–Trinajstić information content (AvgIpc) is 2.62. The number of thioether (sulfide) groups is 1. The zero-order valence-corrected chi connectivity index (χ0v) is 17.7. The Bertz CT molecular complexity index is 612. The lowest BCUT2D eigenvalue weighted by Gasteiger charge is -2.44. The predicted octanol–water partition coefficient (Wildman–Crippen LogP) is 1.17. The van der Waals surface area contributed by atoms with Crippen molar-refractivity contribution < 1.29 is 42.9 Å². The van der Waals surface area contributed by atoms with Gasteiger partial charge in [-0.05, 0) is 5.75 Å². The predicted molar refractivity (Wildman–Crippen MR) is 103 cm³/mol. The lowest BCUT2D eigenvalue weighted by Crippen LogP contribution is -2.65. The number of esters is 3. The van der Waals surface area contributed by atoms with Gasteiger partial charge >= 0.3 is 24.0 Å². The van der Waals surface area contributed by atoms with E-state index in [0.717, 1.165) is 0 Å². The maximum Gasteiger partial charge on any atom is 0.407 e. The van der Waals surface area contributed by atoms with E-state index in [0.29, 0.717) is 5.75 Å². The molecule has 0 saturated carbocycles. The Balaban J connectivity index is 3.22. The van der Waals surface area contributed by atoms with Gasteiger partial charge in [-0.15, -0.1) is 11.8 Å². The van der Waals surface area contributed by atoms with Crippen LogP contribution < -0.4 is 5.32 Å². The third kappa shape index (κ3) is 8.32. The van der Waals surface area contributed by atoms with Gasteiger partial charge in [0.15, 0.2) is 12.2 Å². The molecule has 0 unspecified atom stereocenters. The highest BCUT2D eigenvalue weighted by molar-refractivity contribution is 7.99. The van der Waals surface area contributed by atoms with Crippen LogP contribution in [0.1, 0.15) is 27.7 Å². The zero-order chi connectivity index (χ0) is 22.0. The Hall–Kier alpha value is -2.27. The molecule has 10 nitrogen and oxygen atoms in total. The second kappa shape index (κ2) is 12.3. The van der Waals surface area contributed by atoms with Crippen LogP contribution in [-0.4, -0.2) is 72.8 Å². The highest BCUT2D eigenvalue weighted by Gasteiger charge is 2.51. The number of hydrogen-bond acceptors (Lipinski definition) is 10. The molecule has 164 valence electrons. The maximum absolute atomic E-state index is 12.1. The smallest absolute Gasteiger partial charge is 0.407 e. The lowest BCUT2D eigenvalue weighted by molar-refractivity contribution is -0.211. The van der Waals surface area contributed by atoms with Crippen LogP contribution in [0.3, 0.4) is 0 Å². The first kappa shape index (κ1) is 24.8. The van der Waals surface area contributed by atoms with Crippen LogP contribution in [0.15, 0.2) is 12.7 Å². The van der Waals surface area contributed by atoms with Crippen molar-refractivity contribution in [1.82, 2.24) is 5.32 Å². The largest absolute Gasteiger partial charge is 0.463 e. The van der Waals surface area contributed by atoms with Gasteiger partial charge in [-0.3, -0.25) is 14.4 Å². The highest BCUT2D eigenvalue weighted by atomic mass is 32.2. The van der Waals surface area contributed by atoms with Gasteiger partial charge in [0.05, 0.1) is 0 Å².